The number of imidazole rings is 1. The van der Waals surface area contributed by atoms with E-state index >= 15 is 0 Å². The van der Waals surface area contributed by atoms with E-state index in [0.29, 0.717) is 6.04 Å². The molecule has 0 radical (unpaired) electrons. The van der Waals surface area contributed by atoms with Gasteiger partial charge in [0.15, 0.2) is 5.96 Å². The van der Waals surface area contributed by atoms with Gasteiger partial charge >= 0.3 is 6.55 Å². The largest absolute Gasteiger partial charge is 0.379 e. The molecule has 2 aliphatic heterocycles. The van der Waals surface area contributed by atoms with Crippen molar-refractivity contribution in [1.29, 1.82) is 0 Å². The molecule has 148 valence electrons. The maximum Gasteiger partial charge on any atom is 0.319 e. The lowest BCUT2D eigenvalue weighted by atomic mass is 10.2. The molecule has 0 saturated carbocycles. The molecule has 1 aromatic heterocycles. The Balaban J connectivity index is 0.00000243. The standard InChI is InChI=1S/C16H26F2N6O.HI/c1-2-19-16(21-11-14-20-4-6-24(14)15(17)18)23-5-3-13(12-23)22-7-9-25-10-8-22;/h4,6,13,15H,2-3,5,7-12H2,1H3,(H,19,21);1H. The van der Waals surface area contributed by atoms with E-state index in [-0.39, 0.29) is 36.3 Å². The van der Waals surface area contributed by atoms with Crippen LogP contribution in [-0.4, -0.2) is 77.3 Å². The molecule has 1 aromatic rings. The highest BCUT2D eigenvalue weighted by Gasteiger charge is 2.30. The first kappa shape index (κ1) is 21.3. The predicted molar refractivity (Wildman–Crippen MR) is 106 cm³/mol. The Bertz CT molecular complexity index is 579. The summed E-state index contributed by atoms with van der Waals surface area (Å²) in [5, 5.41) is 3.27. The Kier molecular flexibility index (Phi) is 8.48. The van der Waals surface area contributed by atoms with Crippen LogP contribution in [0.2, 0.25) is 0 Å². The fraction of sp³-hybridized carbons (Fsp3) is 0.750. The number of ether oxygens (including phenoxy) is 1. The molecule has 26 heavy (non-hydrogen) atoms. The lowest BCUT2D eigenvalue weighted by molar-refractivity contribution is 0.0195. The molecule has 2 aliphatic rings. The Labute approximate surface area is 169 Å². The predicted octanol–water partition coefficient (Wildman–Crippen LogP) is 1.77. The van der Waals surface area contributed by atoms with Crippen molar-refractivity contribution in [3.8, 4) is 0 Å². The number of hydrogen-bond acceptors (Lipinski definition) is 4. The normalized spacial score (nSPS) is 21.9. The van der Waals surface area contributed by atoms with Crippen LogP contribution in [-0.2, 0) is 11.3 Å². The average molecular weight is 484 g/mol. The van der Waals surface area contributed by atoms with Crippen molar-refractivity contribution >= 4 is 29.9 Å². The van der Waals surface area contributed by atoms with E-state index in [1.807, 2.05) is 6.92 Å². The zero-order valence-corrected chi connectivity index (χ0v) is 17.3. The van der Waals surface area contributed by atoms with Crippen LogP contribution in [0.15, 0.2) is 17.4 Å². The Morgan fingerprint density at radius 1 is 1.38 bits per heavy atom. The number of likely N-dealkylation sites (tertiary alicyclic amines) is 1. The van der Waals surface area contributed by atoms with Crippen LogP contribution in [0.4, 0.5) is 8.78 Å². The molecule has 3 heterocycles. The van der Waals surface area contributed by atoms with Gasteiger partial charge < -0.3 is 15.0 Å². The van der Waals surface area contributed by atoms with Gasteiger partial charge in [-0.2, -0.15) is 8.78 Å². The third kappa shape index (κ3) is 5.26. The highest BCUT2D eigenvalue weighted by atomic mass is 127. The van der Waals surface area contributed by atoms with E-state index in [0.717, 1.165) is 62.9 Å². The van der Waals surface area contributed by atoms with Gasteiger partial charge in [0.05, 0.1) is 13.2 Å². The van der Waals surface area contributed by atoms with Crippen molar-refractivity contribution < 1.29 is 13.5 Å². The van der Waals surface area contributed by atoms with E-state index in [2.05, 4.69) is 25.1 Å². The van der Waals surface area contributed by atoms with Gasteiger partial charge in [0, 0.05) is 51.2 Å². The van der Waals surface area contributed by atoms with Gasteiger partial charge in [-0.3, -0.25) is 9.47 Å². The van der Waals surface area contributed by atoms with Crippen molar-refractivity contribution in [3.63, 3.8) is 0 Å². The van der Waals surface area contributed by atoms with E-state index in [1.54, 1.807) is 0 Å². The monoisotopic (exact) mass is 484 g/mol. The Hall–Kier alpha value is -1.01. The molecule has 3 rings (SSSR count). The fourth-order valence-corrected chi connectivity index (χ4v) is 3.39. The van der Waals surface area contributed by atoms with Gasteiger partial charge in [-0.1, -0.05) is 0 Å². The zero-order chi connectivity index (χ0) is 17.6. The minimum absolute atomic E-state index is 0. The molecule has 0 amide bonds. The van der Waals surface area contributed by atoms with E-state index < -0.39 is 6.55 Å². The van der Waals surface area contributed by atoms with E-state index in [9.17, 15) is 8.78 Å². The molecule has 1 atom stereocenters. The fourth-order valence-electron chi connectivity index (χ4n) is 3.39. The van der Waals surface area contributed by atoms with Crippen LogP contribution in [0.1, 0.15) is 25.7 Å². The molecule has 2 fully saturated rings. The van der Waals surface area contributed by atoms with Crippen LogP contribution in [0.3, 0.4) is 0 Å². The van der Waals surface area contributed by atoms with Gasteiger partial charge in [0.25, 0.3) is 0 Å². The molecule has 0 spiro atoms. The average Bonchev–Trinajstić information content (AvgIpc) is 3.29. The first-order chi connectivity index (χ1) is 12.2. The van der Waals surface area contributed by atoms with E-state index in [1.165, 1.54) is 12.4 Å². The number of halogens is 3. The van der Waals surface area contributed by atoms with Crippen molar-refractivity contribution in [2.45, 2.75) is 32.5 Å². The number of aliphatic imine (C=N–C) groups is 1. The van der Waals surface area contributed by atoms with Crippen LogP contribution >= 0.6 is 24.0 Å². The molecule has 0 bridgehead atoms. The number of guanidine groups is 1. The number of hydrogen-bond donors (Lipinski definition) is 1. The summed E-state index contributed by atoms with van der Waals surface area (Å²) in [5.74, 6) is 1.04. The number of rotatable bonds is 5. The van der Waals surface area contributed by atoms with Crippen LogP contribution in [0.5, 0.6) is 0 Å². The second-order valence-corrected chi connectivity index (χ2v) is 6.24. The number of morpholine rings is 1. The minimum atomic E-state index is -2.59. The molecule has 0 aromatic carbocycles. The third-order valence-electron chi connectivity index (χ3n) is 4.69. The zero-order valence-electron chi connectivity index (χ0n) is 15.0. The van der Waals surface area contributed by atoms with Crippen LogP contribution in [0.25, 0.3) is 0 Å². The summed E-state index contributed by atoms with van der Waals surface area (Å²) in [7, 11) is 0. The number of aromatic nitrogens is 2. The van der Waals surface area contributed by atoms with Crippen molar-refractivity contribution in [2.75, 3.05) is 45.9 Å². The summed E-state index contributed by atoms with van der Waals surface area (Å²) >= 11 is 0. The number of nitrogens with one attached hydrogen (secondary N) is 1. The summed E-state index contributed by atoms with van der Waals surface area (Å²) in [5.41, 5.74) is 0. The Morgan fingerprint density at radius 3 is 2.85 bits per heavy atom. The second-order valence-electron chi connectivity index (χ2n) is 6.24. The third-order valence-corrected chi connectivity index (χ3v) is 4.69. The molecular formula is C16H27F2IN6O. The quantitative estimate of drug-likeness (QED) is 0.393. The van der Waals surface area contributed by atoms with Gasteiger partial charge in [-0.15, -0.1) is 24.0 Å². The highest BCUT2D eigenvalue weighted by molar-refractivity contribution is 14.0. The smallest absolute Gasteiger partial charge is 0.319 e. The number of alkyl halides is 2. The second kappa shape index (κ2) is 10.4. The summed E-state index contributed by atoms with van der Waals surface area (Å²) in [6, 6.07) is 0.496. The lowest BCUT2D eigenvalue weighted by Crippen LogP contribution is -2.46. The molecule has 10 heteroatoms. The van der Waals surface area contributed by atoms with Crippen molar-refractivity contribution in [3.05, 3.63) is 18.2 Å². The Morgan fingerprint density at radius 2 is 2.15 bits per heavy atom. The molecule has 7 nitrogen and oxygen atoms in total. The summed E-state index contributed by atoms with van der Waals surface area (Å²) in [6.45, 7) is 5.63. The van der Waals surface area contributed by atoms with Crippen LogP contribution in [0, 0.1) is 0 Å². The highest BCUT2D eigenvalue weighted by Crippen LogP contribution is 2.18. The van der Waals surface area contributed by atoms with Gasteiger partial charge in [-0.05, 0) is 13.3 Å². The first-order valence-electron chi connectivity index (χ1n) is 8.84. The molecule has 1 unspecified atom stereocenters. The minimum Gasteiger partial charge on any atom is -0.379 e. The van der Waals surface area contributed by atoms with Gasteiger partial charge in [0.1, 0.15) is 12.4 Å². The maximum absolute atomic E-state index is 12.9. The summed E-state index contributed by atoms with van der Waals surface area (Å²) < 4.78 is 32.1. The first-order valence-corrected chi connectivity index (χ1v) is 8.84. The lowest BCUT2D eigenvalue weighted by Gasteiger charge is -2.32. The van der Waals surface area contributed by atoms with Gasteiger partial charge in [-0.25, -0.2) is 9.98 Å². The van der Waals surface area contributed by atoms with Crippen molar-refractivity contribution in [1.82, 2.24) is 24.7 Å². The van der Waals surface area contributed by atoms with Crippen LogP contribution < -0.4 is 5.32 Å². The maximum atomic E-state index is 12.9. The summed E-state index contributed by atoms with van der Waals surface area (Å²) in [6.07, 6.45) is 3.75. The van der Waals surface area contributed by atoms with E-state index in [4.69, 9.17) is 4.74 Å². The summed E-state index contributed by atoms with van der Waals surface area (Å²) in [4.78, 5) is 13.2. The van der Waals surface area contributed by atoms with Crippen molar-refractivity contribution in [2.24, 2.45) is 4.99 Å². The molecular weight excluding hydrogens is 457 g/mol. The topological polar surface area (TPSA) is 57.9 Å². The molecule has 0 aliphatic carbocycles. The SMILES string of the molecule is CCNC(=NCc1nccn1C(F)F)N1CCC(N2CCOCC2)C1.I. The van der Waals surface area contributed by atoms with Gasteiger partial charge in [0.2, 0.25) is 0 Å². The molecule has 1 N–H and O–H groups in total. The number of nitrogens with zero attached hydrogens (tertiary/aromatic N) is 5. The molecule has 2 saturated heterocycles.